The average molecular weight is 241 g/mol. The van der Waals surface area contributed by atoms with Crippen molar-refractivity contribution >= 4 is 11.8 Å². The van der Waals surface area contributed by atoms with Gasteiger partial charge in [0, 0.05) is 12.6 Å². The molecule has 2 rings (SSSR count). The summed E-state index contributed by atoms with van der Waals surface area (Å²) in [4.78, 5) is 0. The lowest BCUT2D eigenvalue weighted by atomic mass is 10.0. The predicted molar refractivity (Wildman–Crippen MR) is 66.6 cm³/mol. The summed E-state index contributed by atoms with van der Waals surface area (Å²) in [5.41, 5.74) is -0.909. The molecule has 3 nitrogen and oxygen atoms in total. The first-order valence-electron chi connectivity index (χ1n) is 5.76. The zero-order valence-electron chi connectivity index (χ0n) is 9.61. The average Bonchev–Trinajstić information content (AvgIpc) is 2.82. The van der Waals surface area contributed by atoms with Crippen molar-refractivity contribution in [2.24, 2.45) is 0 Å². The van der Waals surface area contributed by atoms with Crippen LogP contribution in [0.4, 0.5) is 0 Å². The van der Waals surface area contributed by atoms with Gasteiger partial charge in [-0.15, -0.1) is 0 Å². The zero-order valence-corrected chi connectivity index (χ0v) is 10.4. The maximum Gasteiger partial charge on any atom is 0.136 e. The second kappa shape index (κ2) is 5.25. The van der Waals surface area contributed by atoms with Gasteiger partial charge in [-0.1, -0.05) is 0 Å². The molecule has 0 radical (unpaired) electrons. The number of hydrogen-bond acceptors (Lipinski definition) is 4. The first-order valence-corrected chi connectivity index (χ1v) is 6.91. The van der Waals surface area contributed by atoms with Gasteiger partial charge in [-0.3, -0.25) is 0 Å². The molecule has 1 unspecified atom stereocenters. The van der Waals surface area contributed by atoms with Crippen molar-refractivity contribution in [3.63, 3.8) is 0 Å². The van der Waals surface area contributed by atoms with Crippen molar-refractivity contribution in [2.45, 2.75) is 31.4 Å². The number of nitrogens with one attached hydrogen (secondary N) is 1. The van der Waals surface area contributed by atoms with Crippen molar-refractivity contribution in [3.8, 4) is 0 Å². The minimum Gasteiger partial charge on any atom is -0.466 e. The van der Waals surface area contributed by atoms with Gasteiger partial charge in [0.2, 0.25) is 0 Å². The van der Waals surface area contributed by atoms with E-state index < -0.39 is 5.60 Å². The topological polar surface area (TPSA) is 45.4 Å². The predicted octanol–water partition coefficient (Wildman–Crippen LogP) is 1.97. The minimum atomic E-state index is -0.909. The SMILES string of the molecule is CC(O)(CNC1CCSCC1)c1ccco1. The van der Waals surface area contributed by atoms with Crippen molar-refractivity contribution in [1.29, 1.82) is 0 Å². The highest BCUT2D eigenvalue weighted by Crippen LogP contribution is 2.22. The molecular formula is C12H19NO2S. The Kier molecular flexibility index (Phi) is 3.95. The van der Waals surface area contributed by atoms with Gasteiger partial charge < -0.3 is 14.8 Å². The molecule has 1 aliphatic heterocycles. The summed E-state index contributed by atoms with van der Waals surface area (Å²) in [5.74, 6) is 3.08. The fraction of sp³-hybridized carbons (Fsp3) is 0.667. The van der Waals surface area contributed by atoms with Gasteiger partial charge >= 0.3 is 0 Å². The van der Waals surface area contributed by atoms with Gasteiger partial charge in [-0.25, -0.2) is 0 Å². The van der Waals surface area contributed by atoms with Crippen LogP contribution in [0.25, 0.3) is 0 Å². The standard InChI is InChI=1S/C12H19NO2S/c1-12(14,11-3-2-6-15-11)9-13-10-4-7-16-8-5-10/h2-3,6,10,13-14H,4-5,7-9H2,1H3. The maximum absolute atomic E-state index is 10.2. The second-order valence-electron chi connectivity index (χ2n) is 4.52. The number of rotatable bonds is 4. The molecule has 0 bridgehead atoms. The molecule has 2 N–H and O–H groups in total. The van der Waals surface area contributed by atoms with E-state index in [-0.39, 0.29) is 0 Å². The Hall–Kier alpha value is -0.450. The van der Waals surface area contributed by atoms with Gasteiger partial charge in [0.1, 0.15) is 11.4 Å². The molecule has 0 saturated carbocycles. The van der Waals surface area contributed by atoms with Crippen LogP contribution in [0.2, 0.25) is 0 Å². The lowest BCUT2D eigenvalue weighted by molar-refractivity contribution is 0.0313. The van der Waals surface area contributed by atoms with E-state index in [1.54, 1.807) is 19.3 Å². The summed E-state index contributed by atoms with van der Waals surface area (Å²) in [6.45, 7) is 2.34. The molecule has 0 aromatic carbocycles. The highest BCUT2D eigenvalue weighted by molar-refractivity contribution is 7.99. The van der Waals surface area contributed by atoms with Gasteiger partial charge in [0.05, 0.1) is 6.26 Å². The number of thioether (sulfide) groups is 1. The third kappa shape index (κ3) is 3.03. The largest absolute Gasteiger partial charge is 0.466 e. The lowest BCUT2D eigenvalue weighted by Gasteiger charge is -2.27. The Morgan fingerprint density at radius 2 is 2.31 bits per heavy atom. The second-order valence-corrected chi connectivity index (χ2v) is 5.74. The molecule has 1 saturated heterocycles. The van der Waals surface area contributed by atoms with Crippen LogP contribution >= 0.6 is 11.8 Å². The van der Waals surface area contributed by atoms with E-state index in [0.29, 0.717) is 18.3 Å². The first-order chi connectivity index (χ1) is 7.68. The summed E-state index contributed by atoms with van der Waals surface area (Å²) < 4.78 is 5.24. The summed E-state index contributed by atoms with van der Waals surface area (Å²) in [6.07, 6.45) is 3.98. The molecule has 16 heavy (non-hydrogen) atoms. The monoisotopic (exact) mass is 241 g/mol. The smallest absolute Gasteiger partial charge is 0.136 e. The van der Waals surface area contributed by atoms with Crippen LogP contribution in [0.5, 0.6) is 0 Å². The number of hydrogen-bond donors (Lipinski definition) is 2. The molecule has 4 heteroatoms. The van der Waals surface area contributed by atoms with Crippen molar-refractivity contribution in [2.75, 3.05) is 18.1 Å². The van der Waals surface area contributed by atoms with E-state index in [2.05, 4.69) is 5.32 Å². The fourth-order valence-corrected chi connectivity index (χ4v) is 3.02. The molecule has 1 aromatic rings. The van der Waals surface area contributed by atoms with Crippen LogP contribution in [0.1, 0.15) is 25.5 Å². The Morgan fingerprint density at radius 1 is 1.56 bits per heavy atom. The third-order valence-corrected chi connectivity index (χ3v) is 4.06. The van der Waals surface area contributed by atoms with Crippen LogP contribution < -0.4 is 5.32 Å². The zero-order chi connectivity index (χ0) is 11.4. The molecular weight excluding hydrogens is 222 g/mol. The van der Waals surface area contributed by atoms with Crippen molar-refractivity contribution in [3.05, 3.63) is 24.2 Å². The molecule has 1 aliphatic rings. The van der Waals surface area contributed by atoms with Crippen LogP contribution in [0, 0.1) is 0 Å². The maximum atomic E-state index is 10.2. The summed E-state index contributed by atoms with van der Waals surface area (Å²) in [7, 11) is 0. The van der Waals surface area contributed by atoms with E-state index in [4.69, 9.17) is 4.42 Å². The normalized spacial score (nSPS) is 21.9. The quantitative estimate of drug-likeness (QED) is 0.846. The van der Waals surface area contributed by atoms with Gasteiger partial charge in [-0.05, 0) is 43.4 Å². The Bertz CT molecular complexity index is 305. The van der Waals surface area contributed by atoms with Gasteiger partial charge in [0.15, 0.2) is 0 Å². The van der Waals surface area contributed by atoms with Gasteiger partial charge in [0.25, 0.3) is 0 Å². The number of furan rings is 1. The van der Waals surface area contributed by atoms with E-state index in [1.807, 2.05) is 17.8 Å². The minimum absolute atomic E-state index is 0.544. The van der Waals surface area contributed by atoms with Crippen LogP contribution in [-0.4, -0.2) is 29.2 Å². The molecule has 0 amide bonds. The van der Waals surface area contributed by atoms with E-state index in [9.17, 15) is 5.11 Å². The molecule has 90 valence electrons. The molecule has 2 heterocycles. The first kappa shape index (κ1) is 12.0. The Labute approximate surface area is 101 Å². The van der Waals surface area contributed by atoms with E-state index in [1.165, 1.54) is 24.3 Å². The van der Waals surface area contributed by atoms with Crippen LogP contribution in [0.15, 0.2) is 22.8 Å². The molecule has 0 aliphatic carbocycles. The molecule has 1 aromatic heterocycles. The fourth-order valence-electron chi connectivity index (χ4n) is 1.92. The molecule has 1 fully saturated rings. The Balaban J connectivity index is 1.84. The van der Waals surface area contributed by atoms with E-state index in [0.717, 1.165) is 0 Å². The highest BCUT2D eigenvalue weighted by Gasteiger charge is 2.27. The van der Waals surface area contributed by atoms with E-state index >= 15 is 0 Å². The Morgan fingerprint density at radius 3 is 2.94 bits per heavy atom. The van der Waals surface area contributed by atoms with Crippen LogP contribution in [0.3, 0.4) is 0 Å². The van der Waals surface area contributed by atoms with Crippen LogP contribution in [-0.2, 0) is 5.60 Å². The van der Waals surface area contributed by atoms with Crippen molar-refractivity contribution < 1.29 is 9.52 Å². The molecule has 1 atom stereocenters. The summed E-state index contributed by atoms with van der Waals surface area (Å²) >= 11 is 2.01. The summed E-state index contributed by atoms with van der Waals surface area (Å²) in [5, 5.41) is 13.7. The molecule has 0 spiro atoms. The van der Waals surface area contributed by atoms with Gasteiger partial charge in [-0.2, -0.15) is 11.8 Å². The third-order valence-electron chi connectivity index (χ3n) is 3.01. The lowest BCUT2D eigenvalue weighted by Crippen LogP contribution is -2.42. The highest BCUT2D eigenvalue weighted by atomic mass is 32.2. The summed E-state index contributed by atoms with van der Waals surface area (Å²) in [6, 6.07) is 4.17. The van der Waals surface area contributed by atoms with Crippen molar-refractivity contribution in [1.82, 2.24) is 5.32 Å². The number of aliphatic hydroxyl groups is 1.